The van der Waals surface area contributed by atoms with E-state index in [4.69, 9.17) is 37.4 Å². The van der Waals surface area contributed by atoms with Gasteiger partial charge < -0.3 is 14.2 Å². The van der Waals surface area contributed by atoms with E-state index in [1.165, 1.54) is 18.0 Å². The number of halogens is 2. The highest BCUT2D eigenvalue weighted by Gasteiger charge is 2.12. The van der Waals surface area contributed by atoms with Crippen LogP contribution in [0.25, 0.3) is 0 Å². The number of benzene rings is 2. The molecule has 0 fully saturated rings. The fourth-order valence-electron chi connectivity index (χ4n) is 2.57. The molecule has 2 aromatic carbocycles. The molecule has 3 rings (SSSR count). The SMILES string of the molecule is COc1ccc(CCOC=C(C)C(=O)Oc2cccc(Sc3c(Cl)cccc3Cl)n2)cc1. The molecule has 0 bridgehead atoms. The van der Waals surface area contributed by atoms with E-state index in [2.05, 4.69) is 4.98 Å². The highest BCUT2D eigenvalue weighted by molar-refractivity contribution is 7.99. The van der Waals surface area contributed by atoms with Crippen molar-refractivity contribution in [1.29, 1.82) is 0 Å². The zero-order chi connectivity index (χ0) is 22.9. The molecule has 0 spiro atoms. The topological polar surface area (TPSA) is 57.7 Å². The van der Waals surface area contributed by atoms with Crippen molar-refractivity contribution < 1.29 is 19.0 Å². The number of nitrogens with zero attached hydrogens (tertiary/aromatic N) is 1. The zero-order valence-electron chi connectivity index (χ0n) is 17.5. The second-order valence-electron chi connectivity index (χ2n) is 6.63. The van der Waals surface area contributed by atoms with Crippen molar-refractivity contribution in [3.05, 3.63) is 88.1 Å². The van der Waals surface area contributed by atoms with Gasteiger partial charge in [-0.3, -0.25) is 0 Å². The molecule has 32 heavy (non-hydrogen) atoms. The Morgan fingerprint density at radius 3 is 2.41 bits per heavy atom. The smallest absolute Gasteiger partial charge is 0.343 e. The molecule has 0 radical (unpaired) electrons. The lowest BCUT2D eigenvalue weighted by molar-refractivity contribution is -0.130. The Hall–Kier alpha value is -2.67. The molecule has 0 unspecified atom stereocenters. The largest absolute Gasteiger partial charge is 0.500 e. The van der Waals surface area contributed by atoms with Crippen LogP contribution in [-0.4, -0.2) is 24.7 Å². The van der Waals surface area contributed by atoms with Crippen LogP contribution in [0.1, 0.15) is 12.5 Å². The summed E-state index contributed by atoms with van der Waals surface area (Å²) < 4.78 is 16.0. The van der Waals surface area contributed by atoms with E-state index in [1.54, 1.807) is 50.4 Å². The Bertz CT molecular complexity index is 1080. The molecule has 0 N–H and O–H groups in total. The van der Waals surface area contributed by atoms with Crippen molar-refractivity contribution in [2.24, 2.45) is 0 Å². The standard InChI is InChI=1S/C24H21Cl2NO4S/c1-16(15-30-14-13-17-9-11-18(29-2)12-10-17)24(28)31-21-7-4-8-22(27-21)32-23-19(25)5-3-6-20(23)26/h3-12,15H,13-14H2,1-2H3. The van der Waals surface area contributed by atoms with E-state index in [1.807, 2.05) is 24.3 Å². The predicted molar refractivity (Wildman–Crippen MR) is 127 cm³/mol. The lowest BCUT2D eigenvalue weighted by Gasteiger charge is -2.08. The normalized spacial score (nSPS) is 11.2. The molecule has 0 aliphatic carbocycles. The number of aromatic nitrogens is 1. The van der Waals surface area contributed by atoms with E-state index in [0.29, 0.717) is 38.6 Å². The first-order valence-electron chi connectivity index (χ1n) is 9.68. The Balaban J connectivity index is 1.53. The summed E-state index contributed by atoms with van der Waals surface area (Å²) in [4.78, 5) is 17.4. The fraction of sp³-hybridized carbons (Fsp3) is 0.167. The average molecular weight is 490 g/mol. The van der Waals surface area contributed by atoms with Crippen molar-refractivity contribution in [2.45, 2.75) is 23.3 Å². The highest BCUT2D eigenvalue weighted by atomic mass is 35.5. The number of methoxy groups -OCH3 is 1. The third kappa shape index (κ3) is 6.92. The van der Waals surface area contributed by atoms with Gasteiger partial charge in [0.25, 0.3) is 0 Å². The number of hydrogen-bond donors (Lipinski definition) is 0. The molecular formula is C24H21Cl2NO4S. The van der Waals surface area contributed by atoms with Gasteiger partial charge in [-0.2, -0.15) is 0 Å². The Morgan fingerprint density at radius 2 is 1.72 bits per heavy atom. The van der Waals surface area contributed by atoms with Crippen LogP contribution in [0.15, 0.2) is 82.4 Å². The first-order valence-corrected chi connectivity index (χ1v) is 11.3. The Morgan fingerprint density at radius 1 is 1.03 bits per heavy atom. The number of rotatable bonds is 9. The number of ether oxygens (including phenoxy) is 3. The molecule has 1 aromatic heterocycles. The predicted octanol–water partition coefficient (Wildman–Crippen LogP) is 6.62. The van der Waals surface area contributed by atoms with Crippen LogP contribution in [0.3, 0.4) is 0 Å². The molecule has 0 atom stereocenters. The molecule has 166 valence electrons. The third-order valence-electron chi connectivity index (χ3n) is 4.27. The van der Waals surface area contributed by atoms with Crippen LogP contribution in [0.4, 0.5) is 0 Å². The summed E-state index contributed by atoms with van der Waals surface area (Å²) in [6.45, 7) is 2.05. The van der Waals surface area contributed by atoms with Crippen LogP contribution in [0.5, 0.6) is 11.6 Å². The summed E-state index contributed by atoms with van der Waals surface area (Å²) in [6.07, 6.45) is 2.10. The van der Waals surface area contributed by atoms with E-state index in [0.717, 1.165) is 11.3 Å². The maximum Gasteiger partial charge on any atom is 0.343 e. The summed E-state index contributed by atoms with van der Waals surface area (Å²) in [5.74, 6) is 0.438. The highest BCUT2D eigenvalue weighted by Crippen LogP contribution is 2.38. The molecular weight excluding hydrogens is 469 g/mol. The molecule has 8 heteroatoms. The molecule has 0 amide bonds. The second kappa shape index (κ2) is 11.8. The van der Waals surface area contributed by atoms with Crippen LogP contribution in [-0.2, 0) is 16.0 Å². The van der Waals surface area contributed by atoms with Crippen molar-refractivity contribution in [3.63, 3.8) is 0 Å². The van der Waals surface area contributed by atoms with E-state index in [-0.39, 0.29) is 5.88 Å². The van der Waals surface area contributed by atoms with E-state index in [9.17, 15) is 4.79 Å². The van der Waals surface area contributed by atoms with Crippen molar-refractivity contribution in [2.75, 3.05) is 13.7 Å². The summed E-state index contributed by atoms with van der Waals surface area (Å²) in [5.41, 5.74) is 1.44. The number of carbonyl (C=O) groups is 1. The first-order chi connectivity index (χ1) is 15.5. The van der Waals surface area contributed by atoms with Crippen molar-refractivity contribution >= 4 is 40.9 Å². The number of carbonyl (C=O) groups excluding carboxylic acids is 1. The Kier molecular flexibility index (Phi) is 8.85. The van der Waals surface area contributed by atoms with Gasteiger partial charge in [0.05, 0.1) is 40.5 Å². The zero-order valence-corrected chi connectivity index (χ0v) is 19.8. The quantitative estimate of drug-likeness (QED) is 0.146. The maximum absolute atomic E-state index is 12.4. The summed E-state index contributed by atoms with van der Waals surface area (Å²) in [7, 11) is 1.63. The van der Waals surface area contributed by atoms with Crippen LogP contribution < -0.4 is 9.47 Å². The van der Waals surface area contributed by atoms with Crippen LogP contribution in [0.2, 0.25) is 10.0 Å². The Labute approximate surface area is 201 Å². The lowest BCUT2D eigenvalue weighted by atomic mass is 10.1. The third-order valence-corrected chi connectivity index (χ3v) is 6.21. The van der Waals surface area contributed by atoms with E-state index < -0.39 is 5.97 Å². The van der Waals surface area contributed by atoms with E-state index >= 15 is 0 Å². The van der Waals surface area contributed by atoms with Gasteiger partial charge in [0.2, 0.25) is 5.88 Å². The molecule has 3 aromatic rings. The van der Waals surface area contributed by atoms with Gasteiger partial charge in [0.15, 0.2) is 0 Å². The molecule has 5 nitrogen and oxygen atoms in total. The number of hydrogen-bond acceptors (Lipinski definition) is 6. The van der Waals surface area contributed by atoms with Gasteiger partial charge >= 0.3 is 5.97 Å². The molecule has 0 saturated carbocycles. The first kappa shape index (κ1) is 24.0. The number of esters is 1. The van der Waals surface area contributed by atoms with Crippen LogP contribution >= 0.6 is 35.0 Å². The summed E-state index contributed by atoms with van der Waals surface area (Å²) >= 11 is 13.7. The minimum atomic E-state index is -0.542. The van der Waals surface area contributed by atoms with Gasteiger partial charge in [0, 0.05) is 12.5 Å². The lowest BCUT2D eigenvalue weighted by Crippen LogP contribution is -2.11. The minimum absolute atomic E-state index is 0.175. The van der Waals surface area contributed by atoms with Gasteiger partial charge in [0.1, 0.15) is 10.8 Å². The molecule has 0 aliphatic rings. The maximum atomic E-state index is 12.4. The monoisotopic (exact) mass is 489 g/mol. The van der Waals surface area contributed by atoms with Gasteiger partial charge in [-0.05, 0) is 42.8 Å². The van der Waals surface area contributed by atoms with Gasteiger partial charge in [-0.1, -0.05) is 59.2 Å². The summed E-state index contributed by atoms with van der Waals surface area (Å²) in [6, 6.07) is 18.1. The van der Waals surface area contributed by atoms with Gasteiger partial charge in [-0.15, -0.1) is 0 Å². The molecule has 0 aliphatic heterocycles. The minimum Gasteiger partial charge on any atom is -0.500 e. The van der Waals surface area contributed by atoms with Crippen molar-refractivity contribution in [3.8, 4) is 11.6 Å². The summed E-state index contributed by atoms with van der Waals surface area (Å²) in [5, 5.41) is 1.65. The average Bonchev–Trinajstić information content (AvgIpc) is 2.79. The number of pyridine rings is 1. The fourth-order valence-corrected chi connectivity index (χ4v) is 4.02. The molecule has 0 saturated heterocycles. The van der Waals surface area contributed by atoms with Crippen LogP contribution in [0, 0.1) is 0 Å². The second-order valence-corrected chi connectivity index (χ2v) is 8.47. The molecule has 1 heterocycles. The van der Waals surface area contributed by atoms with Crippen molar-refractivity contribution in [1.82, 2.24) is 4.98 Å². The van der Waals surface area contributed by atoms with Gasteiger partial charge in [-0.25, -0.2) is 9.78 Å².